The fraction of sp³-hybridized carbons (Fsp3) is 0.308. The number of hydrogen-bond acceptors (Lipinski definition) is 1. The Kier molecular flexibility index (Phi) is 2.24. The summed E-state index contributed by atoms with van der Waals surface area (Å²) >= 11 is 0. The molecule has 0 atom stereocenters. The first-order valence-corrected chi connectivity index (χ1v) is 5.07. The summed E-state index contributed by atoms with van der Waals surface area (Å²) in [6.45, 7) is 5.90. The van der Waals surface area contributed by atoms with Gasteiger partial charge in [-0.15, -0.1) is 0 Å². The van der Waals surface area contributed by atoms with Crippen LogP contribution in [0.5, 0.6) is 0 Å². The fourth-order valence-corrected chi connectivity index (χ4v) is 2.05. The average molecular weight is 186 g/mol. The zero-order valence-electron chi connectivity index (χ0n) is 8.47. The molecule has 0 spiro atoms. The van der Waals surface area contributed by atoms with Crippen molar-refractivity contribution in [2.75, 3.05) is 0 Å². The number of Topliss-reactive ketones (excluding diaryl/α,β-unsaturated/α-hetero) is 1. The van der Waals surface area contributed by atoms with Crippen molar-refractivity contribution in [1.29, 1.82) is 0 Å². The highest BCUT2D eigenvalue weighted by molar-refractivity contribution is 6.00. The number of carbonyl (C=O) groups excluding carboxylic acids is 1. The number of ketones is 1. The summed E-state index contributed by atoms with van der Waals surface area (Å²) < 4.78 is 0. The Balaban J connectivity index is 2.60. The summed E-state index contributed by atoms with van der Waals surface area (Å²) in [5, 5.41) is 0. The summed E-state index contributed by atoms with van der Waals surface area (Å²) in [6, 6.07) is 4.16. The minimum Gasteiger partial charge on any atom is -0.294 e. The van der Waals surface area contributed by atoms with Crippen molar-refractivity contribution in [1.82, 2.24) is 0 Å². The molecule has 0 saturated carbocycles. The topological polar surface area (TPSA) is 17.1 Å². The van der Waals surface area contributed by atoms with E-state index in [-0.39, 0.29) is 0 Å². The highest BCUT2D eigenvalue weighted by Crippen LogP contribution is 2.26. The minimum atomic E-state index is 0.297. The monoisotopic (exact) mass is 186 g/mol. The molecule has 0 aliphatic heterocycles. The van der Waals surface area contributed by atoms with Gasteiger partial charge in [0.2, 0.25) is 0 Å². The number of fused-ring (bicyclic) bond motifs is 1. The summed E-state index contributed by atoms with van der Waals surface area (Å²) in [5.41, 5.74) is 4.55. The second-order valence-corrected chi connectivity index (χ2v) is 3.69. The lowest BCUT2D eigenvalue weighted by Crippen LogP contribution is -1.95. The molecule has 0 saturated heterocycles. The van der Waals surface area contributed by atoms with Crippen LogP contribution in [0.25, 0.3) is 6.08 Å². The third-order valence-corrected chi connectivity index (χ3v) is 2.89. The normalized spacial score (nSPS) is 14.2. The SMILES string of the molecule is C=Cc1cc2c(cc1CC)C(=O)CC2. The van der Waals surface area contributed by atoms with E-state index in [1.165, 1.54) is 16.7 Å². The van der Waals surface area contributed by atoms with Crippen molar-refractivity contribution in [3.05, 3.63) is 41.0 Å². The lowest BCUT2D eigenvalue weighted by Gasteiger charge is -2.06. The third-order valence-electron chi connectivity index (χ3n) is 2.89. The zero-order chi connectivity index (χ0) is 10.1. The van der Waals surface area contributed by atoms with Crippen LogP contribution in [0.2, 0.25) is 0 Å². The van der Waals surface area contributed by atoms with Crippen LogP contribution in [0, 0.1) is 0 Å². The zero-order valence-corrected chi connectivity index (χ0v) is 8.47. The van der Waals surface area contributed by atoms with Gasteiger partial charge in [0, 0.05) is 12.0 Å². The summed E-state index contributed by atoms with van der Waals surface area (Å²) in [6.07, 6.45) is 4.42. The molecule has 72 valence electrons. The van der Waals surface area contributed by atoms with Gasteiger partial charge in [-0.05, 0) is 35.6 Å². The quantitative estimate of drug-likeness (QED) is 0.693. The van der Waals surface area contributed by atoms with Crippen LogP contribution >= 0.6 is 0 Å². The van der Waals surface area contributed by atoms with Gasteiger partial charge in [0.25, 0.3) is 0 Å². The first kappa shape index (κ1) is 9.20. The fourth-order valence-electron chi connectivity index (χ4n) is 2.05. The molecular formula is C13H14O. The van der Waals surface area contributed by atoms with Gasteiger partial charge >= 0.3 is 0 Å². The maximum absolute atomic E-state index is 11.5. The van der Waals surface area contributed by atoms with E-state index in [4.69, 9.17) is 0 Å². The standard InChI is InChI=1S/C13H14O/c1-3-9-7-11-5-6-13(14)12(11)8-10(9)4-2/h3,7-8H,1,4-6H2,2H3. The predicted octanol–water partition coefficient (Wildman–Crippen LogP) is 3.02. The van der Waals surface area contributed by atoms with E-state index in [0.29, 0.717) is 12.2 Å². The highest BCUT2D eigenvalue weighted by Gasteiger charge is 2.20. The maximum Gasteiger partial charge on any atom is 0.163 e. The average Bonchev–Trinajstić information content (AvgIpc) is 2.58. The largest absolute Gasteiger partial charge is 0.294 e. The molecule has 1 aromatic rings. The van der Waals surface area contributed by atoms with E-state index < -0.39 is 0 Å². The Morgan fingerprint density at radius 3 is 2.86 bits per heavy atom. The number of rotatable bonds is 2. The van der Waals surface area contributed by atoms with Crippen LogP contribution < -0.4 is 0 Å². The molecule has 0 N–H and O–H groups in total. The second-order valence-electron chi connectivity index (χ2n) is 3.69. The molecule has 1 aliphatic rings. The van der Waals surface area contributed by atoms with E-state index in [1.54, 1.807) is 0 Å². The highest BCUT2D eigenvalue weighted by atomic mass is 16.1. The molecule has 14 heavy (non-hydrogen) atoms. The molecule has 0 amide bonds. The van der Waals surface area contributed by atoms with E-state index in [0.717, 1.165) is 18.4 Å². The van der Waals surface area contributed by atoms with Crippen molar-refractivity contribution in [3.8, 4) is 0 Å². The van der Waals surface area contributed by atoms with Gasteiger partial charge in [-0.1, -0.05) is 25.6 Å². The Hall–Kier alpha value is -1.37. The lowest BCUT2D eigenvalue weighted by atomic mass is 9.98. The second kappa shape index (κ2) is 3.41. The Labute approximate surface area is 84.5 Å². The molecule has 1 nitrogen and oxygen atoms in total. The number of hydrogen-bond donors (Lipinski definition) is 0. The smallest absolute Gasteiger partial charge is 0.163 e. The molecule has 0 heterocycles. The van der Waals surface area contributed by atoms with Crippen LogP contribution in [-0.2, 0) is 12.8 Å². The molecule has 0 aromatic heterocycles. The molecule has 0 unspecified atom stereocenters. The van der Waals surface area contributed by atoms with Gasteiger partial charge in [-0.3, -0.25) is 4.79 Å². The maximum atomic E-state index is 11.5. The van der Waals surface area contributed by atoms with Crippen LogP contribution in [0.1, 0.15) is 40.4 Å². The number of aryl methyl sites for hydroxylation is 2. The van der Waals surface area contributed by atoms with Crippen LogP contribution in [0.3, 0.4) is 0 Å². The van der Waals surface area contributed by atoms with E-state index in [2.05, 4.69) is 19.6 Å². The van der Waals surface area contributed by atoms with Gasteiger partial charge in [0.05, 0.1) is 0 Å². The molecule has 1 aliphatic carbocycles. The lowest BCUT2D eigenvalue weighted by molar-refractivity contribution is 0.0994. The molecule has 2 rings (SSSR count). The third kappa shape index (κ3) is 1.29. The summed E-state index contributed by atoms with van der Waals surface area (Å²) in [5.74, 6) is 0.297. The van der Waals surface area contributed by atoms with Gasteiger partial charge in [-0.2, -0.15) is 0 Å². The minimum absolute atomic E-state index is 0.297. The van der Waals surface area contributed by atoms with E-state index >= 15 is 0 Å². The van der Waals surface area contributed by atoms with E-state index in [1.807, 2.05) is 12.1 Å². The molecule has 0 fully saturated rings. The van der Waals surface area contributed by atoms with Gasteiger partial charge in [-0.25, -0.2) is 0 Å². The molecule has 0 radical (unpaired) electrons. The Morgan fingerprint density at radius 2 is 2.21 bits per heavy atom. The van der Waals surface area contributed by atoms with Gasteiger partial charge in [0.1, 0.15) is 0 Å². The van der Waals surface area contributed by atoms with Gasteiger partial charge in [0.15, 0.2) is 5.78 Å². The summed E-state index contributed by atoms with van der Waals surface area (Å²) in [7, 11) is 0. The summed E-state index contributed by atoms with van der Waals surface area (Å²) in [4.78, 5) is 11.5. The van der Waals surface area contributed by atoms with Gasteiger partial charge < -0.3 is 0 Å². The van der Waals surface area contributed by atoms with Crippen molar-refractivity contribution < 1.29 is 4.79 Å². The van der Waals surface area contributed by atoms with Crippen LogP contribution in [0.4, 0.5) is 0 Å². The Morgan fingerprint density at radius 1 is 1.43 bits per heavy atom. The molecular weight excluding hydrogens is 172 g/mol. The molecule has 0 bridgehead atoms. The van der Waals surface area contributed by atoms with Crippen molar-refractivity contribution in [3.63, 3.8) is 0 Å². The van der Waals surface area contributed by atoms with Crippen molar-refractivity contribution in [2.45, 2.75) is 26.2 Å². The van der Waals surface area contributed by atoms with Crippen molar-refractivity contribution in [2.24, 2.45) is 0 Å². The number of benzene rings is 1. The van der Waals surface area contributed by atoms with Crippen LogP contribution in [-0.4, -0.2) is 5.78 Å². The number of carbonyl (C=O) groups is 1. The van der Waals surface area contributed by atoms with Crippen molar-refractivity contribution >= 4 is 11.9 Å². The Bertz CT molecular complexity index is 402. The predicted molar refractivity (Wildman–Crippen MR) is 58.6 cm³/mol. The first-order chi connectivity index (χ1) is 6.76. The van der Waals surface area contributed by atoms with E-state index in [9.17, 15) is 4.79 Å². The molecule has 1 aromatic carbocycles. The first-order valence-electron chi connectivity index (χ1n) is 5.07. The molecule has 1 heteroatoms. The van der Waals surface area contributed by atoms with Crippen LogP contribution in [0.15, 0.2) is 18.7 Å².